The van der Waals surface area contributed by atoms with Crippen molar-refractivity contribution in [2.75, 3.05) is 13.1 Å². The Bertz CT molecular complexity index is 449. The molecule has 3 nitrogen and oxygen atoms in total. The topological polar surface area (TPSA) is 42.0 Å². The molecule has 1 aliphatic rings. The summed E-state index contributed by atoms with van der Waals surface area (Å²) in [6, 6.07) is 0. The number of rotatable bonds is 3. The number of carbonyl (C=O) groups excluding carboxylic acids is 1. The van der Waals surface area contributed by atoms with Gasteiger partial charge in [-0.3, -0.25) is 4.79 Å². The molecule has 0 radical (unpaired) electrons. The van der Waals surface area contributed by atoms with Gasteiger partial charge in [0.15, 0.2) is 5.78 Å². The third kappa shape index (κ3) is 2.29. The molecule has 2 heterocycles. The van der Waals surface area contributed by atoms with Crippen molar-refractivity contribution in [1.82, 2.24) is 10.3 Å². The molecule has 1 unspecified atom stereocenters. The van der Waals surface area contributed by atoms with Crippen LogP contribution < -0.4 is 5.32 Å². The van der Waals surface area contributed by atoms with Crippen molar-refractivity contribution in [2.24, 2.45) is 5.41 Å². The van der Waals surface area contributed by atoms with E-state index in [9.17, 15) is 18.0 Å². The first kappa shape index (κ1) is 13.5. The number of thiazole rings is 1. The number of nitrogens with one attached hydrogen (secondary N) is 1. The van der Waals surface area contributed by atoms with E-state index in [0.717, 1.165) is 5.01 Å². The molecule has 0 bridgehead atoms. The number of carbonyl (C=O) groups is 1. The van der Waals surface area contributed by atoms with Gasteiger partial charge < -0.3 is 5.32 Å². The minimum Gasteiger partial charge on any atom is -0.315 e. The van der Waals surface area contributed by atoms with Crippen molar-refractivity contribution in [3.8, 4) is 0 Å². The van der Waals surface area contributed by atoms with Crippen molar-refractivity contribution < 1.29 is 18.0 Å². The Kier molecular flexibility index (Phi) is 3.46. The lowest BCUT2D eigenvalue weighted by Gasteiger charge is -2.29. The first-order chi connectivity index (χ1) is 8.35. The van der Waals surface area contributed by atoms with Crippen molar-refractivity contribution in [3.63, 3.8) is 0 Å². The van der Waals surface area contributed by atoms with Gasteiger partial charge in [0.25, 0.3) is 0 Å². The number of nitrogens with zero attached hydrogens (tertiary/aromatic N) is 1. The van der Waals surface area contributed by atoms with Gasteiger partial charge in [-0.1, -0.05) is 0 Å². The zero-order chi connectivity index (χ0) is 13.4. The highest BCUT2D eigenvalue weighted by Crippen LogP contribution is 2.44. The van der Waals surface area contributed by atoms with Gasteiger partial charge in [-0.15, -0.1) is 11.3 Å². The van der Waals surface area contributed by atoms with Crippen LogP contribution in [0.4, 0.5) is 13.2 Å². The second kappa shape index (κ2) is 4.62. The number of hydrogen-bond donors (Lipinski definition) is 1. The molecule has 1 aliphatic heterocycles. The number of Topliss-reactive ketones (excluding diaryl/α,β-unsaturated/α-hetero) is 1. The highest BCUT2D eigenvalue weighted by atomic mass is 32.1. The second-order valence-electron chi connectivity index (χ2n) is 4.46. The number of hydrogen-bond acceptors (Lipinski definition) is 4. The smallest absolute Gasteiger partial charge is 0.315 e. The van der Waals surface area contributed by atoms with Crippen molar-refractivity contribution in [3.05, 3.63) is 16.1 Å². The predicted octanol–water partition coefficient (Wildman–Crippen LogP) is 2.11. The van der Waals surface area contributed by atoms with Crippen LogP contribution in [-0.2, 0) is 11.2 Å². The molecule has 0 aliphatic carbocycles. The van der Waals surface area contributed by atoms with E-state index in [2.05, 4.69) is 10.3 Å². The summed E-state index contributed by atoms with van der Waals surface area (Å²) < 4.78 is 39.3. The summed E-state index contributed by atoms with van der Waals surface area (Å²) in [5.74, 6) is -0.787. The number of halogens is 3. The molecule has 1 aromatic heterocycles. The highest BCUT2D eigenvalue weighted by Gasteiger charge is 2.60. The average molecular weight is 278 g/mol. The van der Waals surface area contributed by atoms with Crippen LogP contribution in [0.1, 0.15) is 17.1 Å². The summed E-state index contributed by atoms with van der Waals surface area (Å²) in [4.78, 5) is 16.0. The molecule has 1 fully saturated rings. The van der Waals surface area contributed by atoms with Gasteiger partial charge in [-0.05, 0) is 19.9 Å². The van der Waals surface area contributed by atoms with Gasteiger partial charge in [-0.2, -0.15) is 13.2 Å². The zero-order valence-corrected chi connectivity index (χ0v) is 10.6. The molecule has 0 amide bonds. The number of aryl methyl sites for hydroxylation is 1. The Labute approximate surface area is 106 Å². The third-order valence-electron chi connectivity index (χ3n) is 3.24. The van der Waals surface area contributed by atoms with Crippen LogP contribution in [0.5, 0.6) is 0 Å². The Hall–Kier alpha value is -0.950. The summed E-state index contributed by atoms with van der Waals surface area (Å²) >= 11 is 1.34. The van der Waals surface area contributed by atoms with E-state index in [4.69, 9.17) is 0 Å². The summed E-state index contributed by atoms with van der Waals surface area (Å²) in [6.07, 6.45) is -4.93. The van der Waals surface area contributed by atoms with Crippen molar-refractivity contribution >= 4 is 17.1 Å². The maximum atomic E-state index is 13.1. The molecule has 0 spiro atoms. The van der Waals surface area contributed by atoms with Gasteiger partial charge in [0.2, 0.25) is 0 Å². The molecule has 18 heavy (non-hydrogen) atoms. The quantitative estimate of drug-likeness (QED) is 0.920. The van der Waals surface area contributed by atoms with Crippen LogP contribution in [0.3, 0.4) is 0 Å². The zero-order valence-electron chi connectivity index (χ0n) is 9.80. The number of ketones is 1. The number of aromatic nitrogens is 1. The molecule has 0 saturated carbocycles. The SMILES string of the molecule is Cc1nc(CC(=O)C2(C(F)(F)F)CCNC2)cs1. The minimum absolute atomic E-state index is 0.182. The standard InChI is InChI=1S/C11H13F3N2OS/c1-7-16-8(5-18-7)4-9(17)10(11(12,13)14)2-3-15-6-10/h5,15H,2-4,6H2,1H3. The van der Waals surface area contributed by atoms with Crippen LogP contribution in [0.25, 0.3) is 0 Å². The molecule has 1 N–H and O–H groups in total. The van der Waals surface area contributed by atoms with Gasteiger partial charge in [0.1, 0.15) is 5.41 Å². The molecule has 1 atom stereocenters. The third-order valence-corrected chi connectivity index (χ3v) is 4.06. The van der Waals surface area contributed by atoms with Crippen LogP contribution >= 0.6 is 11.3 Å². The maximum absolute atomic E-state index is 13.1. The summed E-state index contributed by atoms with van der Waals surface area (Å²) in [5.41, 5.74) is -1.80. The Morgan fingerprint density at radius 2 is 2.33 bits per heavy atom. The minimum atomic E-state index is -4.50. The Morgan fingerprint density at radius 3 is 2.78 bits per heavy atom. The first-order valence-electron chi connectivity index (χ1n) is 5.57. The lowest BCUT2D eigenvalue weighted by atomic mass is 9.80. The van der Waals surface area contributed by atoms with Crippen LogP contribution in [-0.4, -0.2) is 30.0 Å². The molecule has 2 rings (SSSR count). The largest absolute Gasteiger partial charge is 0.402 e. The van der Waals surface area contributed by atoms with Crippen molar-refractivity contribution in [1.29, 1.82) is 0 Å². The molecule has 1 aromatic rings. The summed E-state index contributed by atoms with van der Waals surface area (Å²) in [7, 11) is 0. The van der Waals surface area contributed by atoms with Crippen molar-refractivity contribution in [2.45, 2.75) is 25.9 Å². The van der Waals surface area contributed by atoms with E-state index >= 15 is 0 Å². The van der Waals surface area contributed by atoms with Crippen LogP contribution in [0.2, 0.25) is 0 Å². The van der Waals surface area contributed by atoms with E-state index in [1.807, 2.05) is 0 Å². The normalized spacial score (nSPS) is 24.4. The van der Waals surface area contributed by atoms with E-state index in [1.54, 1.807) is 12.3 Å². The maximum Gasteiger partial charge on any atom is 0.402 e. The monoisotopic (exact) mass is 278 g/mol. The van der Waals surface area contributed by atoms with Crippen LogP contribution in [0, 0.1) is 12.3 Å². The second-order valence-corrected chi connectivity index (χ2v) is 5.53. The van der Waals surface area contributed by atoms with E-state index in [-0.39, 0.29) is 25.9 Å². The van der Waals surface area contributed by atoms with E-state index in [0.29, 0.717) is 5.69 Å². The average Bonchev–Trinajstić information content (AvgIpc) is 2.86. The molecular formula is C11H13F3N2OS. The fourth-order valence-electron chi connectivity index (χ4n) is 2.15. The Morgan fingerprint density at radius 1 is 1.61 bits per heavy atom. The molecule has 0 aromatic carbocycles. The fourth-order valence-corrected chi connectivity index (χ4v) is 2.77. The first-order valence-corrected chi connectivity index (χ1v) is 6.45. The molecular weight excluding hydrogens is 265 g/mol. The molecule has 100 valence electrons. The van der Waals surface area contributed by atoms with Gasteiger partial charge >= 0.3 is 6.18 Å². The number of alkyl halides is 3. The van der Waals surface area contributed by atoms with Gasteiger partial charge in [0.05, 0.1) is 17.1 Å². The summed E-state index contributed by atoms with van der Waals surface area (Å²) in [6.45, 7) is 1.66. The van der Waals surface area contributed by atoms with Crippen LogP contribution in [0.15, 0.2) is 5.38 Å². The molecule has 1 saturated heterocycles. The highest BCUT2D eigenvalue weighted by molar-refractivity contribution is 7.09. The van der Waals surface area contributed by atoms with E-state index in [1.165, 1.54) is 11.3 Å². The summed E-state index contributed by atoms with van der Waals surface area (Å²) in [5, 5.41) is 5.02. The van der Waals surface area contributed by atoms with E-state index < -0.39 is 17.4 Å². The van der Waals surface area contributed by atoms with Gasteiger partial charge in [0, 0.05) is 11.9 Å². The lowest BCUT2D eigenvalue weighted by Crippen LogP contribution is -2.47. The Balaban J connectivity index is 2.20. The molecule has 7 heteroatoms. The van der Waals surface area contributed by atoms with Gasteiger partial charge in [-0.25, -0.2) is 4.98 Å². The fraction of sp³-hybridized carbons (Fsp3) is 0.636. The lowest BCUT2D eigenvalue weighted by molar-refractivity contribution is -0.214. The predicted molar refractivity (Wildman–Crippen MR) is 61.5 cm³/mol.